The number of para-hydroxylation sites is 1. The highest BCUT2D eigenvalue weighted by molar-refractivity contribution is 5.97. The first-order chi connectivity index (χ1) is 11.0. The zero-order chi connectivity index (χ0) is 16.4. The van der Waals surface area contributed by atoms with E-state index in [0.717, 1.165) is 24.9 Å². The molecule has 1 aliphatic rings. The summed E-state index contributed by atoms with van der Waals surface area (Å²) in [7, 11) is 0. The van der Waals surface area contributed by atoms with Gasteiger partial charge in [0.1, 0.15) is 0 Å². The number of nitrogens with zero attached hydrogens (tertiary/aromatic N) is 1. The fourth-order valence-electron chi connectivity index (χ4n) is 3.16. The molecule has 0 spiro atoms. The first kappa shape index (κ1) is 15.8. The zero-order valence-electron chi connectivity index (χ0n) is 14.3. The van der Waals surface area contributed by atoms with E-state index in [-0.39, 0.29) is 11.3 Å². The van der Waals surface area contributed by atoms with Gasteiger partial charge in [-0.2, -0.15) is 0 Å². The van der Waals surface area contributed by atoms with Crippen LogP contribution in [0, 0.1) is 5.41 Å². The minimum Gasteiger partial charge on any atom is -0.307 e. The third kappa shape index (κ3) is 3.03. The van der Waals surface area contributed by atoms with Crippen LogP contribution in [0.1, 0.15) is 43.9 Å². The molecule has 0 fully saturated rings. The molecule has 0 radical (unpaired) electrons. The SMILES string of the molecule is CCC(C)(C)C(=O)N1Cc2ccccc2CCc2ccccc21. The number of aryl methyl sites for hydroxylation is 2. The van der Waals surface area contributed by atoms with E-state index >= 15 is 0 Å². The molecule has 0 saturated carbocycles. The highest BCUT2D eigenvalue weighted by Gasteiger charge is 2.32. The molecular formula is C21H25NO. The van der Waals surface area contributed by atoms with Gasteiger partial charge in [-0.25, -0.2) is 0 Å². The van der Waals surface area contributed by atoms with Crippen LogP contribution in [-0.2, 0) is 24.2 Å². The largest absolute Gasteiger partial charge is 0.307 e. The second-order valence-corrected chi connectivity index (χ2v) is 7.03. The smallest absolute Gasteiger partial charge is 0.232 e. The van der Waals surface area contributed by atoms with Crippen LogP contribution in [-0.4, -0.2) is 5.91 Å². The van der Waals surface area contributed by atoms with E-state index in [1.807, 2.05) is 24.8 Å². The van der Waals surface area contributed by atoms with Crippen LogP contribution in [0.2, 0.25) is 0 Å². The quantitative estimate of drug-likeness (QED) is 0.783. The maximum atomic E-state index is 13.2. The monoisotopic (exact) mass is 307 g/mol. The lowest BCUT2D eigenvalue weighted by Crippen LogP contribution is -2.41. The summed E-state index contributed by atoms with van der Waals surface area (Å²) in [5.41, 5.74) is 4.62. The van der Waals surface area contributed by atoms with Gasteiger partial charge >= 0.3 is 0 Å². The maximum absolute atomic E-state index is 13.2. The number of hydrogen-bond donors (Lipinski definition) is 0. The van der Waals surface area contributed by atoms with Crippen LogP contribution in [0.5, 0.6) is 0 Å². The molecule has 0 bridgehead atoms. The van der Waals surface area contributed by atoms with Crippen molar-refractivity contribution in [1.29, 1.82) is 0 Å². The Bertz CT molecular complexity index is 717. The van der Waals surface area contributed by atoms with Crippen LogP contribution < -0.4 is 4.90 Å². The van der Waals surface area contributed by atoms with Gasteiger partial charge in [0.05, 0.1) is 6.54 Å². The summed E-state index contributed by atoms with van der Waals surface area (Å²) in [5.74, 6) is 0.212. The van der Waals surface area contributed by atoms with Gasteiger partial charge in [-0.3, -0.25) is 4.79 Å². The molecule has 0 aliphatic carbocycles. The lowest BCUT2D eigenvalue weighted by atomic mass is 9.87. The maximum Gasteiger partial charge on any atom is 0.232 e. The Morgan fingerprint density at radius 2 is 1.52 bits per heavy atom. The van der Waals surface area contributed by atoms with E-state index in [2.05, 4.69) is 49.4 Å². The highest BCUT2D eigenvalue weighted by Crippen LogP contribution is 2.33. The van der Waals surface area contributed by atoms with Crippen molar-refractivity contribution >= 4 is 11.6 Å². The summed E-state index contributed by atoms with van der Waals surface area (Å²) < 4.78 is 0. The number of fused-ring (bicyclic) bond motifs is 2. The van der Waals surface area contributed by atoms with Crippen LogP contribution in [0.25, 0.3) is 0 Å². The average molecular weight is 307 g/mol. The van der Waals surface area contributed by atoms with E-state index in [9.17, 15) is 4.79 Å². The molecule has 0 saturated heterocycles. The Kier molecular flexibility index (Phi) is 4.25. The molecule has 2 nitrogen and oxygen atoms in total. The molecule has 0 aromatic heterocycles. The van der Waals surface area contributed by atoms with Gasteiger partial charge in [0, 0.05) is 11.1 Å². The summed E-state index contributed by atoms with van der Waals surface area (Å²) in [6.07, 6.45) is 2.85. The van der Waals surface area contributed by atoms with Crippen LogP contribution >= 0.6 is 0 Å². The fourth-order valence-corrected chi connectivity index (χ4v) is 3.16. The van der Waals surface area contributed by atoms with E-state index in [4.69, 9.17) is 0 Å². The predicted octanol–water partition coefficient (Wildman–Crippen LogP) is 4.75. The van der Waals surface area contributed by atoms with Crippen LogP contribution in [0.4, 0.5) is 5.69 Å². The zero-order valence-corrected chi connectivity index (χ0v) is 14.3. The normalized spacial score (nSPS) is 14.5. The molecular weight excluding hydrogens is 282 g/mol. The van der Waals surface area contributed by atoms with E-state index in [0.29, 0.717) is 6.54 Å². The first-order valence-electron chi connectivity index (χ1n) is 8.49. The van der Waals surface area contributed by atoms with Crippen molar-refractivity contribution in [3.05, 3.63) is 65.2 Å². The van der Waals surface area contributed by atoms with E-state index in [1.54, 1.807) is 0 Å². The summed E-state index contributed by atoms with van der Waals surface area (Å²) in [6, 6.07) is 16.9. The van der Waals surface area contributed by atoms with Crippen molar-refractivity contribution < 1.29 is 4.79 Å². The van der Waals surface area contributed by atoms with Gasteiger partial charge in [-0.15, -0.1) is 0 Å². The first-order valence-corrected chi connectivity index (χ1v) is 8.49. The molecule has 2 heteroatoms. The lowest BCUT2D eigenvalue weighted by Gasteiger charge is -2.34. The second kappa shape index (κ2) is 6.19. The molecule has 3 rings (SSSR count). The van der Waals surface area contributed by atoms with Gasteiger partial charge in [-0.05, 0) is 42.0 Å². The van der Waals surface area contributed by atoms with Crippen molar-refractivity contribution in [2.75, 3.05) is 4.90 Å². The van der Waals surface area contributed by atoms with Crippen LogP contribution in [0.15, 0.2) is 48.5 Å². The molecule has 0 unspecified atom stereocenters. The number of benzene rings is 2. The minimum absolute atomic E-state index is 0.212. The molecule has 1 amide bonds. The minimum atomic E-state index is -0.346. The molecule has 1 heterocycles. The number of amides is 1. The molecule has 23 heavy (non-hydrogen) atoms. The summed E-state index contributed by atoms with van der Waals surface area (Å²) in [6.45, 7) is 6.84. The third-order valence-corrected chi connectivity index (χ3v) is 5.10. The molecule has 2 aromatic carbocycles. The lowest BCUT2D eigenvalue weighted by molar-refractivity contribution is -0.126. The summed E-state index contributed by atoms with van der Waals surface area (Å²) in [4.78, 5) is 15.2. The van der Waals surface area contributed by atoms with Crippen LogP contribution in [0.3, 0.4) is 0 Å². The van der Waals surface area contributed by atoms with E-state index in [1.165, 1.54) is 16.7 Å². The molecule has 120 valence electrons. The fraction of sp³-hybridized carbons (Fsp3) is 0.381. The summed E-state index contributed by atoms with van der Waals surface area (Å²) in [5, 5.41) is 0. The van der Waals surface area contributed by atoms with Gasteiger partial charge in [0.25, 0.3) is 0 Å². The van der Waals surface area contributed by atoms with E-state index < -0.39 is 0 Å². The molecule has 1 aliphatic heterocycles. The Labute approximate surface area is 139 Å². The molecule has 2 aromatic rings. The number of hydrogen-bond acceptors (Lipinski definition) is 1. The average Bonchev–Trinajstić information content (AvgIpc) is 2.56. The van der Waals surface area contributed by atoms with Crippen molar-refractivity contribution in [2.45, 2.75) is 46.6 Å². The van der Waals surface area contributed by atoms with Gasteiger partial charge < -0.3 is 4.90 Å². The molecule has 0 N–H and O–H groups in total. The number of rotatable bonds is 2. The van der Waals surface area contributed by atoms with Crippen molar-refractivity contribution in [3.63, 3.8) is 0 Å². The second-order valence-electron chi connectivity index (χ2n) is 7.03. The standard InChI is InChI=1S/C21H25NO/c1-4-21(2,3)20(23)22-15-18-11-6-5-9-16(18)13-14-17-10-7-8-12-19(17)22/h5-12H,4,13-15H2,1-3H3. The van der Waals surface area contributed by atoms with Crippen molar-refractivity contribution in [2.24, 2.45) is 5.41 Å². The topological polar surface area (TPSA) is 20.3 Å². The van der Waals surface area contributed by atoms with Crippen molar-refractivity contribution in [3.8, 4) is 0 Å². The Morgan fingerprint density at radius 3 is 2.22 bits per heavy atom. The predicted molar refractivity (Wildman–Crippen MR) is 95.6 cm³/mol. The Balaban J connectivity index is 2.09. The Hall–Kier alpha value is -2.09. The molecule has 0 atom stereocenters. The Morgan fingerprint density at radius 1 is 0.957 bits per heavy atom. The number of carbonyl (C=O) groups excluding carboxylic acids is 1. The number of anilines is 1. The highest BCUT2D eigenvalue weighted by atomic mass is 16.2. The number of carbonyl (C=O) groups is 1. The van der Waals surface area contributed by atoms with Gasteiger partial charge in [0.2, 0.25) is 5.91 Å². The third-order valence-electron chi connectivity index (χ3n) is 5.10. The van der Waals surface area contributed by atoms with Gasteiger partial charge in [-0.1, -0.05) is 63.2 Å². The summed E-state index contributed by atoms with van der Waals surface area (Å²) >= 11 is 0. The van der Waals surface area contributed by atoms with Crippen molar-refractivity contribution in [1.82, 2.24) is 0 Å². The van der Waals surface area contributed by atoms with Gasteiger partial charge in [0.15, 0.2) is 0 Å².